The van der Waals surface area contributed by atoms with E-state index in [9.17, 15) is 4.79 Å². The van der Waals surface area contributed by atoms with Crippen LogP contribution < -0.4 is 5.32 Å². The summed E-state index contributed by atoms with van der Waals surface area (Å²) in [6.07, 6.45) is 5.27. The van der Waals surface area contributed by atoms with Gasteiger partial charge >= 0.3 is 0 Å². The summed E-state index contributed by atoms with van der Waals surface area (Å²) >= 11 is 0. The number of carbonyl (C=O) groups is 1. The van der Waals surface area contributed by atoms with Crippen LogP contribution in [0.15, 0.2) is 18.3 Å². The zero-order valence-corrected chi connectivity index (χ0v) is 9.92. The molecule has 1 aromatic rings. The number of hydrogen-bond donors (Lipinski definition) is 1. The quantitative estimate of drug-likeness (QED) is 0.843. The predicted molar refractivity (Wildman–Crippen MR) is 63.1 cm³/mol. The summed E-state index contributed by atoms with van der Waals surface area (Å²) in [6, 6.07) is 4.12. The average Bonchev–Trinajstić information content (AvgIpc) is 2.64. The highest BCUT2D eigenvalue weighted by atomic mass is 16.2. The lowest BCUT2D eigenvalue weighted by Crippen LogP contribution is -2.43. The monoisotopic (exact) mass is 218 g/mol. The first kappa shape index (κ1) is 11.1. The Morgan fingerprint density at radius 3 is 2.81 bits per heavy atom. The molecule has 1 amide bonds. The number of hydrogen-bond acceptors (Lipinski definition) is 2. The highest BCUT2D eigenvalue weighted by molar-refractivity contribution is 5.79. The van der Waals surface area contributed by atoms with Crippen LogP contribution in [0.3, 0.4) is 0 Å². The van der Waals surface area contributed by atoms with E-state index < -0.39 is 0 Å². The van der Waals surface area contributed by atoms with E-state index in [1.165, 1.54) is 5.56 Å². The number of carbonyl (C=O) groups excluding carboxylic acids is 1. The molecule has 0 aliphatic carbocycles. The molecule has 1 saturated heterocycles. The van der Waals surface area contributed by atoms with Gasteiger partial charge in [-0.15, -0.1) is 0 Å². The number of aromatic nitrogens is 1. The maximum Gasteiger partial charge on any atom is 0.220 e. The van der Waals surface area contributed by atoms with Crippen molar-refractivity contribution in [2.45, 2.75) is 45.1 Å². The first-order valence-corrected chi connectivity index (χ1v) is 5.86. The van der Waals surface area contributed by atoms with Gasteiger partial charge in [-0.3, -0.25) is 9.78 Å². The van der Waals surface area contributed by atoms with E-state index in [1.54, 1.807) is 0 Å². The Morgan fingerprint density at radius 1 is 1.50 bits per heavy atom. The minimum absolute atomic E-state index is 0.0562. The summed E-state index contributed by atoms with van der Waals surface area (Å²) in [4.78, 5) is 15.7. The van der Waals surface area contributed by atoms with Crippen LogP contribution in [-0.4, -0.2) is 16.4 Å². The normalized spacial score (nSPS) is 24.5. The van der Waals surface area contributed by atoms with Gasteiger partial charge in [0.1, 0.15) is 0 Å². The largest absolute Gasteiger partial charge is 0.350 e. The van der Waals surface area contributed by atoms with Crippen LogP contribution in [0.25, 0.3) is 0 Å². The van der Waals surface area contributed by atoms with E-state index >= 15 is 0 Å². The SMILES string of the molecule is CCC1(Cc2ccc(C)cn2)CCC(=O)N1. The number of aryl methyl sites for hydroxylation is 1. The predicted octanol–water partition coefficient (Wildman–Crippen LogP) is 1.99. The van der Waals surface area contributed by atoms with Gasteiger partial charge in [-0.2, -0.15) is 0 Å². The first-order valence-electron chi connectivity index (χ1n) is 5.86. The second-order valence-electron chi connectivity index (χ2n) is 4.69. The Balaban J connectivity index is 2.13. The molecule has 2 heterocycles. The highest BCUT2D eigenvalue weighted by Crippen LogP contribution is 2.27. The number of rotatable bonds is 3. The lowest BCUT2D eigenvalue weighted by atomic mass is 9.88. The molecule has 1 fully saturated rings. The van der Waals surface area contributed by atoms with Crippen molar-refractivity contribution in [3.05, 3.63) is 29.6 Å². The molecule has 0 radical (unpaired) electrons. The Kier molecular flexibility index (Phi) is 2.95. The molecule has 3 heteroatoms. The number of nitrogens with zero attached hydrogens (tertiary/aromatic N) is 1. The smallest absolute Gasteiger partial charge is 0.220 e. The zero-order valence-electron chi connectivity index (χ0n) is 9.92. The summed E-state index contributed by atoms with van der Waals surface area (Å²) in [7, 11) is 0. The molecule has 0 saturated carbocycles. The fraction of sp³-hybridized carbons (Fsp3) is 0.538. The summed E-state index contributed by atoms with van der Waals surface area (Å²) in [6.45, 7) is 4.16. The topological polar surface area (TPSA) is 42.0 Å². The summed E-state index contributed by atoms with van der Waals surface area (Å²) in [5.41, 5.74) is 2.18. The minimum Gasteiger partial charge on any atom is -0.350 e. The van der Waals surface area contributed by atoms with Gasteiger partial charge in [-0.05, 0) is 31.4 Å². The highest BCUT2D eigenvalue weighted by Gasteiger charge is 2.36. The van der Waals surface area contributed by atoms with Crippen LogP contribution in [0.4, 0.5) is 0 Å². The molecule has 1 aliphatic heterocycles. The Hall–Kier alpha value is -1.38. The Bertz CT molecular complexity index is 385. The standard InChI is InChI=1S/C13H18N2O/c1-3-13(7-6-12(16)15-13)8-11-5-4-10(2)9-14-11/h4-5,9H,3,6-8H2,1-2H3,(H,15,16). The lowest BCUT2D eigenvalue weighted by Gasteiger charge is -2.27. The molecule has 2 rings (SSSR count). The Labute approximate surface area is 96.3 Å². The second kappa shape index (κ2) is 4.24. The van der Waals surface area contributed by atoms with Gasteiger partial charge in [0.05, 0.1) is 0 Å². The van der Waals surface area contributed by atoms with Gasteiger partial charge in [-0.25, -0.2) is 0 Å². The molecule has 0 spiro atoms. The van der Waals surface area contributed by atoms with E-state index in [1.807, 2.05) is 13.1 Å². The van der Waals surface area contributed by atoms with Crippen molar-refractivity contribution in [3.8, 4) is 0 Å². The molecule has 1 unspecified atom stereocenters. The maximum absolute atomic E-state index is 11.3. The molecule has 86 valence electrons. The fourth-order valence-corrected chi connectivity index (χ4v) is 2.25. The van der Waals surface area contributed by atoms with E-state index in [4.69, 9.17) is 0 Å². The molecule has 3 nitrogen and oxygen atoms in total. The van der Waals surface area contributed by atoms with Crippen LogP contribution in [0.2, 0.25) is 0 Å². The van der Waals surface area contributed by atoms with Crippen molar-refractivity contribution in [1.29, 1.82) is 0 Å². The molecule has 1 aliphatic rings. The Morgan fingerprint density at radius 2 is 2.31 bits per heavy atom. The summed E-state index contributed by atoms with van der Waals surface area (Å²) < 4.78 is 0. The second-order valence-corrected chi connectivity index (χ2v) is 4.69. The van der Waals surface area contributed by atoms with Crippen molar-refractivity contribution in [3.63, 3.8) is 0 Å². The minimum atomic E-state index is -0.0562. The van der Waals surface area contributed by atoms with Gasteiger partial charge < -0.3 is 5.32 Å². The first-order chi connectivity index (χ1) is 7.63. The molecule has 1 aromatic heterocycles. The third-order valence-electron chi connectivity index (χ3n) is 3.40. The van der Waals surface area contributed by atoms with Gasteiger partial charge in [0, 0.05) is 30.3 Å². The molecule has 16 heavy (non-hydrogen) atoms. The van der Waals surface area contributed by atoms with Crippen LogP contribution in [0.1, 0.15) is 37.4 Å². The third-order valence-corrected chi connectivity index (χ3v) is 3.40. The van der Waals surface area contributed by atoms with Crippen molar-refractivity contribution < 1.29 is 4.79 Å². The molecular formula is C13H18N2O. The average molecular weight is 218 g/mol. The van der Waals surface area contributed by atoms with Gasteiger partial charge in [0.15, 0.2) is 0 Å². The van der Waals surface area contributed by atoms with Crippen LogP contribution in [0, 0.1) is 6.92 Å². The maximum atomic E-state index is 11.3. The van der Waals surface area contributed by atoms with E-state index in [2.05, 4.69) is 29.4 Å². The van der Waals surface area contributed by atoms with Crippen LogP contribution in [-0.2, 0) is 11.2 Å². The summed E-state index contributed by atoms with van der Waals surface area (Å²) in [5, 5.41) is 3.10. The fourth-order valence-electron chi connectivity index (χ4n) is 2.25. The van der Waals surface area contributed by atoms with E-state index in [0.717, 1.165) is 25.0 Å². The molecule has 0 aromatic carbocycles. The number of nitrogens with one attached hydrogen (secondary N) is 1. The number of amides is 1. The van der Waals surface area contributed by atoms with Crippen molar-refractivity contribution in [1.82, 2.24) is 10.3 Å². The van der Waals surface area contributed by atoms with E-state index in [0.29, 0.717) is 6.42 Å². The summed E-state index contributed by atoms with van der Waals surface area (Å²) in [5.74, 6) is 0.175. The van der Waals surface area contributed by atoms with Crippen LogP contribution >= 0.6 is 0 Å². The zero-order chi connectivity index (χ0) is 11.6. The van der Waals surface area contributed by atoms with Crippen molar-refractivity contribution in [2.24, 2.45) is 0 Å². The van der Waals surface area contributed by atoms with Gasteiger partial charge in [0.25, 0.3) is 0 Å². The van der Waals surface area contributed by atoms with E-state index in [-0.39, 0.29) is 11.4 Å². The molecule has 1 atom stereocenters. The van der Waals surface area contributed by atoms with Gasteiger partial charge in [0.2, 0.25) is 5.91 Å². The van der Waals surface area contributed by atoms with Crippen molar-refractivity contribution >= 4 is 5.91 Å². The third kappa shape index (κ3) is 2.23. The molecular weight excluding hydrogens is 200 g/mol. The number of pyridine rings is 1. The lowest BCUT2D eigenvalue weighted by molar-refractivity contribution is -0.119. The molecule has 1 N–H and O–H groups in total. The van der Waals surface area contributed by atoms with Gasteiger partial charge in [-0.1, -0.05) is 13.0 Å². The van der Waals surface area contributed by atoms with Crippen LogP contribution in [0.5, 0.6) is 0 Å². The van der Waals surface area contributed by atoms with Crippen molar-refractivity contribution in [2.75, 3.05) is 0 Å². The molecule has 0 bridgehead atoms.